The molecule has 1 heterocycles. The Morgan fingerprint density at radius 3 is 2.36 bits per heavy atom. The van der Waals surface area contributed by atoms with Crippen LogP contribution in [-0.4, -0.2) is 28.8 Å². The molecule has 2 rings (SSSR count). The minimum atomic E-state index is 0.167. The molecule has 0 amide bonds. The van der Waals surface area contributed by atoms with E-state index in [-0.39, 0.29) is 17.7 Å². The van der Waals surface area contributed by atoms with Gasteiger partial charge in [-0.05, 0) is 52.5 Å². The van der Waals surface area contributed by atoms with Crippen molar-refractivity contribution in [2.24, 2.45) is 5.92 Å². The van der Waals surface area contributed by atoms with E-state index in [1.807, 2.05) is 12.1 Å². The Balaban J connectivity index is 1.76. The molecule has 4 nitrogen and oxygen atoms in total. The molecule has 1 saturated carbocycles. The molecule has 1 aromatic heterocycles. The summed E-state index contributed by atoms with van der Waals surface area (Å²) in [5, 5.41) is 3.59. The number of hydrogen-bond acceptors (Lipinski definition) is 4. The zero-order valence-corrected chi connectivity index (χ0v) is 14.7. The molecule has 124 valence electrons. The van der Waals surface area contributed by atoms with Crippen LogP contribution in [0, 0.1) is 5.92 Å². The van der Waals surface area contributed by atoms with Crippen LogP contribution in [0.3, 0.4) is 0 Å². The number of pyridine rings is 1. The average molecular weight is 306 g/mol. The van der Waals surface area contributed by atoms with Gasteiger partial charge >= 0.3 is 0 Å². The first-order valence-corrected chi connectivity index (χ1v) is 8.30. The maximum atomic E-state index is 5.90. The first-order chi connectivity index (χ1) is 10.2. The standard InChI is InChI=1S/C18H30N2O2/c1-12(2)13(3)21-15-7-8-17(19-11-15)22-16-9-14(10-16)20-18(4,5)6/h7-8,11-14,16,20H,9-10H2,1-6H3/t13-,14?,16?/m0/s1. The van der Waals surface area contributed by atoms with Crippen LogP contribution < -0.4 is 14.8 Å². The van der Waals surface area contributed by atoms with Gasteiger partial charge in [0.15, 0.2) is 0 Å². The van der Waals surface area contributed by atoms with Crippen molar-refractivity contribution >= 4 is 0 Å². The number of nitrogens with zero attached hydrogens (tertiary/aromatic N) is 1. The topological polar surface area (TPSA) is 43.4 Å². The largest absolute Gasteiger partial charge is 0.489 e. The van der Waals surface area contributed by atoms with E-state index in [9.17, 15) is 0 Å². The Kier molecular flexibility index (Phi) is 5.32. The monoisotopic (exact) mass is 306 g/mol. The Labute approximate surface area is 134 Å². The van der Waals surface area contributed by atoms with E-state index in [4.69, 9.17) is 9.47 Å². The van der Waals surface area contributed by atoms with E-state index in [0.717, 1.165) is 18.6 Å². The lowest BCUT2D eigenvalue weighted by Gasteiger charge is -2.39. The normalized spacial score (nSPS) is 23.0. The summed E-state index contributed by atoms with van der Waals surface area (Å²) in [4.78, 5) is 4.34. The fourth-order valence-electron chi connectivity index (χ4n) is 2.42. The molecule has 0 saturated heterocycles. The second kappa shape index (κ2) is 6.86. The molecule has 0 aliphatic heterocycles. The summed E-state index contributed by atoms with van der Waals surface area (Å²) in [7, 11) is 0. The predicted molar refractivity (Wildman–Crippen MR) is 89.5 cm³/mol. The second-order valence-electron chi connectivity index (χ2n) is 7.70. The van der Waals surface area contributed by atoms with Crippen LogP contribution in [0.25, 0.3) is 0 Å². The van der Waals surface area contributed by atoms with E-state index in [2.05, 4.69) is 51.8 Å². The predicted octanol–water partition coefficient (Wildman–Crippen LogP) is 3.80. The van der Waals surface area contributed by atoms with Crippen LogP contribution in [0.5, 0.6) is 11.6 Å². The van der Waals surface area contributed by atoms with Gasteiger partial charge in [0, 0.05) is 17.6 Å². The molecular weight excluding hydrogens is 276 g/mol. The lowest BCUT2D eigenvalue weighted by molar-refractivity contribution is 0.0692. The highest BCUT2D eigenvalue weighted by Crippen LogP contribution is 2.27. The number of hydrogen-bond donors (Lipinski definition) is 1. The van der Waals surface area contributed by atoms with Crippen molar-refractivity contribution < 1.29 is 9.47 Å². The number of nitrogens with one attached hydrogen (secondary N) is 1. The summed E-state index contributed by atoms with van der Waals surface area (Å²) < 4.78 is 11.7. The average Bonchev–Trinajstić information content (AvgIpc) is 2.36. The molecule has 0 unspecified atom stereocenters. The zero-order valence-electron chi connectivity index (χ0n) is 14.7. The summed E-state index contributed by atoms with van der Waals surface area (Å²) in [5.41, 5.74) is 0.167. The quantitative estimate of drug-likeness (QED) is 0.868. The lowest BCUT2D eigenvalue weighted by atomic mass is 9.87. The molecular formula is C18H30N2O2. The van der Waals surface area contributed by atoms with Crippen LogP contribution in [0.15, 0.2) is 18.3 Å². The van der Waals surface area contributed by atoms with Gasteiger partial charge in [-0.25, -0.2) is 4.98 Å². The zero-order chi connectivity index (χ0) is 16.3. The SMILES string of the molecule is CC(C)[C@H](C)Oc1ccc(OC2CC(NC(C)(C)C)C2)nc1. The minimum Gasteiger partial charge on any atom is -0.489 e. The van der Waals surface area contributed by atoms with Crippen molar-refractivity contribution in [3.05, 3.63) is 18.3 Å². The molecule has 1 atom stereocenters. The van der Waals surface area contributed by atoms with Crippen LogP contribution in [0.2, 0.25) is 0 Å². The number of ether oxygens (including phenoxy) is 2. The molecule has 1 N–H and O–H groups in total. The van der Waals surface area contributed by atoms with Crippen molar-refractivity contribution in [1.29, 1.82) is 0 Å². The van der Waals surface area contributed by atoms with Gasteiger partial charge in [0.05, 0.1) is 12.3 Å². The van der Waals surface area contributed by atoms with Crippen LogP contribution in [0.1, 0.15) is 54.4 Å². The number of rotatable bonds is 6. The van der Waals surface area contributed by atoms with Crippen molar-refractivity contribution in [2.45, 2.75) is 78.2 Å². The van der Waals surface area contributed by atoms with Crippen LogP contribution in [0.4, 0.5) is 0 Å². The first-order valence-electron chi connectivity index (χ1n) is 8.30. The van der Waals surface area contributed by atoms with E-state index >= 15 is 0 Å². The third-order valence-corrected chi connectivity index (χ3v) is 3.99. The molecule has 1 aliphatic carbocycles. The Morgan fingerprint density at radius 2 is 1.86 bits per heavy atom. The summed E-state index contributed by atoms with van der Waals surface area (Å²) >= 11 is 0. The van der Waals surface area contributed by atoms with Gasteiger partial charge in [0.2, 0.25) is 5.88 Å². The highest BCUT2D eigenvalue weighted by atomic mass is 16.5. The summed E-state index contributed by atoms with van der Waals surface area (Å²) in [5.74, 6) is 1.97. The van der Waals surface area contributed by atoms with Gasteiger partial charge < -0.3 is 14.8 Å². The Morgan fingerprint density at radius 1 is 1.18 bits per heavy atom. The van der Waals surface area contributed by atoms with E-state index < -0.39 is 0 Å². The molecule has 0 radical (unpaired) electrons. The summed E-state index contributed by atoms with van der Waals surface area (Å²) in [6.07, 6.45) is 4.29. The van der Waals surface area contributed by atoms with Gasteiger partial charge in [0.25, 0.3) is 0 Å². The molecule has 0 bridgehead atoms. The van der Waals surface area contributed by atoms with Crippen molar-refractivity contribution in [1.82, 2.24) is 10.3 Å². The highest BCUT2D eigenvalue weighted by Gasteiger charge is 2.33. The van der Waals surface area contributed by atoms with E-state index in [1.165, 1.54) is 0 Å². The van der Waals surface area contributed by atoms with Gasteiger partial charge in [-0.2, -0.15) is 0 Å². The Bertz CT molecular complexity index is 459. The van der Waals surface area contributed by atoms with Crippen molar-refractivity contribution in [2.75, 3.05) is 0 Å². The van der Waals surface area contributed by atoms with Gasteiger partial charge in [-0.3, -0.25) is 0 Å². The lowest BCUT2D eigenvalue weighted by Crippen LogP contribution is -2.53. The summed E-state index contributed by atoms with van der Waals surface area (Å²) in [6, 6.07) is 4.39. The molecule has 0 aromatic carbocycles. The van der Waals surface area contributed by atoms with Crippen LogP contribution >= 0.6 is 0 Å². The Hall–Kier alpha value is -1.29. The molecule has 1 fully saturated rings. The highest BCUT2D eigenvalue weighted by molar-refractivity contribution is 5.23. The van der Waals surface area contributed by atoms with Crippen molar-refractivity contribution in [3.8, 4) is 11.6 Å². The van der Waals surface area contributed by atoms with Gasteiger partial charge in [0.1, 0.15) is 11.9 Å². The fourth-order valence-corrected chi connectivity index (χ4v) is 2.42. The third-order valence-electron chi connectivity index (χ3n) is 3.99. The number of aromatic nitrogens is 1. The van der Waals surface area contributed by atoms with E-state index in [0.29, 0.717) is 17.8 Å². The molecule has 4 heteroatoms. The van der Waals surface area contributed by atoms with Crippen molar-refractivity contribution in [3.63, 3.8) is 0 Å². The maximum absolute atomic E-state index is 5.90. The molecule has 1 aliphatic rings. The maximum Gasteiger partial charge on any atom is 0.213 e. The van der Waals surface area contributed by atoms with Gasteiger partial charge in [-0.15, -0.1) is 0 Å². The molecule has 22 heavy (non-hydrogen) atoms. The minimum absolute atomic E-state index is 0.167. The molecule has 0 spiro atoms. The van der Waals surface area contributed by atoms with Gasteiger partial charge in [-0.1, -0.05) is 13.8 Å². The smallest absolute Gasteiger partial charge is 0.213 e. The second-order valence-corrected chi connectivity index (χ2v) is 7.70. The summed E-state index contributed by atoms with van der Waals surface area (Å²) in [6.45, 7) is 13.0. The van der Waals surface area contributed by atoms with Crippen LogP contribution in [-0.2, 0) is 0 Å². The third kappa shape index (κ3) is 5.16. The first kappa shape index (κ1) is 17.1. The molecule has 1 aromatic rings. The van der Waals surface area contributed by atoms with E-state index in [1.54, 1.807) is 6.20 Å². The fraction of sp³-hybridized carbons (Fsp3) is 0.722.